The predicted octanol–water partition coefficient (Wildman–Crippen LogP) is 2.23. The first kappa shape index (κ1) is 25.4. The van der Waals surface area contributed by atoms with Crippen molar-refractivity contribution in [2.45, 2.75) is 31.0 Å². The number of rotatable bonds is 6. The van der Waals surface area contributed by atoms with E-state index in [1.165, 1.54) is 0 Å². The highest BCUT2D eigenvalue weighted by atomic mass is 35.5. The van der Waals surface area contributed by atoms with Gasteiger partial charge in [0.15, 0.2) is 5.05 Å². The Morgan fingerprint density at radius 1 is 1.30 bits per heavy atom. The number of benzene rings is 1. The molecule has 1 N–H and O–H groups in total. The van der Waals surface area contributed by atoms with Crippen LogP contribution in [0, 0.1) is 0 Å². The summed E-state index contributed by atoms with van der Waals surface area (Å²) in [7, 11) is -4.00. The molecular formula is C18H16ClF3N2O7S2. The number of nitrogens with zero attached hydrogens (tertiary/aromatic N) is 1. The van der Waals surface area contributed by atoms with E-state index in [1.807, 2.05) is 0 Å². The maximum Gasteiger partial charge on any atom is 0.423 e. The molecule has 15 heteroatoms. The van der Waals surface area contributed by atoms with Crippen LogP contribution >= 0.6 is 23.8 Å². The quantitative estimate of drug-likeness (QED) is 0.448. The van der Waals surface area contributed by atoms with Gasteiger partial charge in [-0.3, -0.25) is 18.5 Å². The highest BCUT2D eigenvalue weighted by Crippen LogP contribution is 2.32. The molecule has 1 aliphatic heterocycles. The number of hydrogen-bond donors (Lipinski definition) is 1. The zero-order valence-corrected chi connectivity index (χ0v) is 19.1. The molecule has 1 aliphatic rings. The first-order valence-corrected chi connectivity index (χ1v) is 11.7. The van der Waals surface area contributed by atoms with Gasteiger partial charge >= 0.3 is 11.9 Å². The molecule has 1 aromatic carbocycles. The summed E-state index contributed by atoms with van der Waals surface area (Å²) < 4.78 is 79.1. The summed E-state index contributed by atoms with van der Waals surface area (Å²) in [5.41, 5.74) is -3.90. The Kier molecular flexibility index (Phi) is 7.33. The van der Waals surface area contributed by atoms with Crippen LogP contribution in [0.4, 0.5) is 13.2 Å². The fraction of sp³-hybridized carbons (Fsp3) is 0.389. The standard InChI is InChI=1S/C18H16ClF3N2O7S2/c1-33(27,28)31-12-6-14(24-7-11(18(20,21)22)15(25)23-17(24)26)30-13(12)8-29-16(32)9-2-4-10(19)5-3-9/h2-5,7,12-14H,6,8H2,1H3,(H,23,25,26)/t12-,13+,14+/m0/s1. The molecular weight excluding hydrogens is 513 g/mol. The number of H-pyrrole nitrogens is 1. The molecule has 0 aliphatic carbocycles. The molecule has 1 aromatic heterocycles. The number of aromatic nitrogens is 2. The molecule has 33 heavy (non-hydrogen) atoms. The molecule has 3 rings (SSSR count). The van der Waals surface area contributed by atoms with E-state index in [-0.39, 0.29) is 18.1 Å². The number of alkyl halides is 3. The third-order valence-corrected chi connectivity index (χ3v) is 5.72. The third kappa shape index (κ3) is 6.41. The topological polar surface area (TPSA) is 117 Å². The van der Waals surface area contributed by atoms with Crippen molar-refractivity contribution in [3.05, 3.63) is 67.4 Å². The lowest BCUT2D eigenvalue weighted by Crippen LogP contribution is -2.36. The van der Waals surface area contributed by atoms with Crippen LogP contribution in [-0.4, -0.2) is 48.1 Å². The van der Waals surface area contributed by atoms with E-state index in [1.54, 1.807) is 29.2 Å². The first-order valence-electron chi connectivity index (χ1n) is 9.13. The van der Waals surface area contributed by atoms with Gasteiger partial charge in [0, 0.05) is 23.2 Å². The Morgan fingerprint density at radius 2 is 1.94 bits per heavy atom. The van der Waals surface area contributed by atoms with Gasteiger partial charge in [0.05, 0.1) is 6.26 Å². The highest BCUT2D eigenvalue weighted by Gasteiger charge is 2.42. The second kappa shape index (κ2) is 9.54. The SMILES string of the molecule is CS(=O)(=O)O[C@H]1C[C@H](n2cc(C(F)(F)F)c(=O)[nH]c2=O)O[C@@H]1COC(=S)c1ccc(Cl)cc1. The lowest BCUT2D eigenvalue weighted by Gasteiger charge is -2.19. The summed E-state index contributed by atoms with van der Waals surface area (Å²) in [5, 5.41) is 0.493. The fourth-order valence-electron chi connectivity index (χ4n) is 3.08. The summed E-state index contributed by atoms with van der Waals surface area (Å²) in [6, 6.07) is 6.33. The molecule has 2 aromatic rings. The summed E-state index contributed by atoms with van der Waals surface area (Å²) in [6.45, 7) is -0.331. The molecule has 180 valence electrons. The Hall–Kier alpha value is -2.26. The zero-order valence-electron chi connectivity index (χ0n) is 16.7. The molecule has 0 radical (unpaired) electrons. The van der Waals surface area contributed by atoms with E-state index >= 15 is 0 Å². The lowest BCUT2D eigenvalue weighted by molar-refractivity contribution is -0.139. The van der Waals surface area contributed by atoms with E-state index in [2.05, 4.69) is 0 Å². The Labute approximate surface area is 195 Å². The molecule has 0 unspecified atom stereocenters. The van der Waals surface area contributed by atoms with Gasteiger partial charge in [-0.15, -0.1) is 0 Å². The van der Waals surface area contributed by atoms with Crippen molar-refractivity contribution in [3.8, 4) is 0 Å². The van der Waals surface area contributed by atoms with Gasteiger partial charge in [0.25, 0.3) is 15.7 Å². The van der Waals surface area contributed by atoms with Crippen LogP contribution in [0.5, 0.6) is 0 Å². The van der Waals surface area contributed by atoms with Crippen molar-refractivity contribution < 1.29 is 35.2 Å². The van der Waals surface area contributed by atoms with Crippen LogP contribution in [0.3, 0.4) is 0 Å². The Bertz CT molecular complexity index is 1260. The maximum atomic E-state index is 13.1. The monoisotopic (exact) mass is 528 g/mol. The van der Waals surface area contributed by atoms with Gasteiger partial charge < -0.3 is 9.47 Å². The second-order valence-corrected chi connectivity index (χ2v) is 9.42. The minimum atomic E-state index is -5.03. The molecule has 0 amide bonds. The number of halogens is 4. The molecule has 1 saturated heterocycles. The van der Waals surface area contributed by atoms with E-state index < -0.39 is 51.5 Å². The minimum absolute atomic E-state index is 0.0254. The van der Waals surface area contributed by atoms with Crippen molar-refractivity contribution in [1.82, 2.24) is 9.55 Å². The van der Waals surface area contributed by atoms with Crippen molar-refractivity contribution in [2.75, 3.05) is 12.9 Å². The number of ether oxygens (including phenoxy) is 2. The first-order chi connectivity index (χ1) is 15.2. The lowest BCUT2D eigenvalue weighted by atomic mass is 10.2. The van der Waals surface area contributed by atoms with Crippen LogP contribution in [0.2, 0.25) is 5.02 Å². The normalized spacial score (nSPS) is 21.2. The number of nitrogens with one attached hydrogen (secondary N) is 1. The predicted molar refractivity (Wildman–Crippen MR) is 114 cm³/mol. The van der Waals surface area contributed by atoms with E-state index in [0.29, 0.717) is 21.4 Å². The third-order valence-electron chi connectivity index (χ3n) is 4.52. The maximum absolute atomic E-state index is 13.1. The summed E-state index contributed by atoms with van der Waals surface area (Å²) in [5.74, 6) is 0. The highest BCUT2D eigenvalue weighted by molar-refractivity contribution is 7.86. The largest absolute Gasteiger partial charge is 0.480 e. The second-order valence-electron chi connectivity index (χ2n) is 7.02. The Morgan fingerprint density at radius 3 is 2.52 bits per heavy atom. The Balaban J connectivity index is 1.84. The van der Waals surface area contributed by atoms with Crippen molar-refractivity contribution in [1.29, 1.82) is 0 Å². The number of thiocarbonyl (C=S) groups is 1. The fourth-order valence-corrected chi connectivity index (χ4v) is 4.06. The molecule has 0 bridgehead atoms. The smallest absolute Gasteiger partial charge is 0.423 e. The minimum Gasteiger partial charge on any atom is -0.480 e. The summed E-state index contributed by atoms with van der Waals surface area (Å²) >= 11 is 11.0. The molecule has 1 fully saturated rings. The average Bonchev–Trinajstić information content (AvgIpc) is 3.06. The van der Waals surface area contributed by atoms with Gasteiger partial charge in [-0.2, -0.15) is 21.6 Å². The van der Waals surface area contributed by atoms with Crippen molar-refractivity contribution in [2.24, 2.45) is 0 Å². The van der Waals surface area contributed by atoms with Crippen molar-refractivity contribution >= 4 is 39.0 Å². The number of hydrogen-bond acceptors (Lipinski definition) is 8. The zero-order chi connectivity index (χ0) is 24.6. The van der Waals surface area contributed by atoms with Crippen LogP contribution < -0.4 is 11.2 Å². The van der Waals surface area contributed by atoms with Gasteiger partial charge in [0.2, 0.25) is 0 Å². The molecule has 0 saturated carbocycles. The molecule has 2 heterocycles. The van der Waals surface area contributed by atoms with Gasteiger partial charge in [-0.05, 0) is 36.5 Å². The number of aromatic amines is 1. The van der Waals surface area contributed by atoms with Gasteiger partial charge in [-0.25, -0.2) is 4.79 Å². The van der Waals surface area contributed by atoms with Crippen LogP contribution in [0.15, 0.2) is 40.1 Å². The molecule has 3 atom stereocenters. The van der Waals surface area contributed by atoms with E-state index in [4.69, 9.17) is 37.5 Å². The van der Waals surface area contributed by atoms with E-state index in [0.717, 1.165) is 6.26 Å². The average molecular weight is 529 g/mol. The van der Waals surface area contributed by atoms with Crippen molar-refractivity contribution in [3.63, 3.8) is 0 Å². The van der Waals surface area contributed by atoms with Gasteiger partial charge in [-0.1, -0.05) is 11.6 Å². The van der Waals surface area contributed by atoms with Crippen LogP contribution in [0.25, 0.3) is 0 Å². The van der Waals surface area contributed by atoms with Crippen LogP contribution in [-0.2, 0) is 30.0 Å². The van der Waals surface area contributed by atoms with Gasteiger partial charge in [0.1, 0.15) is 30.6 Å². The van der Waals surface area contributed by atoms with E-state index in [9.17, 15) is 31.2 Å². The molecule has 9 nitrogen and oxygen atoms in total. The molecule has 0 spiro atoms. The summed E-state index contributed by atoms with van der Waals surface area (Å²) in [4.78, 5) is 25.2. The summed E-state index contributed by atoms with van der Waals surface area (Å²) in [6.07, 6.45) is -7.96. The van der Waals surface area contributed by atoms with Crippen LogP contribution in [0.1, 0.15) is 23.8 Å².